The maximum Gasteiger partial charge on any atom is 0.410 e. The number of hydrogen-bond donors (Lipinski definition) is 3. The minimum absolute atomic E-state index is 0.0196. The van der Waals surface area contributed by atoms with Crippen LogP contribution in [0.25, 0.3) is 44.5 Å². The van der Waals surface area contributed by atoms with E-state index in [1.165, 1.54) is 0 Å². The normalized spacial score (nSPS) is 22.1. The highest BCUT2D eigenvalue weighted by molar-refractivity contribution is 5.87. The van der Waals surface area contributed by atoms with Crippen molar-refractivity contribution >= 4 is 17.1 Å². The molecule has 10 nitrogen and oxygen atoms in total. The topological polar surface area (TPSA) is 117 Å². The van der Waals surface area contributed by atoms with Gasteiger partial charge in [0, 0.05) is 29.7 Å². The van der Waals surface area contributed by atoms with E-state index in [-0.39, 0.29) is 29.3 Å². The van der Waals surface area contributed by atoms with Crippen molar-refractivity contribution in [1.82, 2.24) is 30.2 Å². The second-order valence-electron chi connectivity index (χ2n) is 14.7. The maximum atomic E-state index is 16.3. The van der Waals surface area contributed by atoms with E-state index in [1.54, 1.807) is 35.4 Å². The molecule has 258 valence electrons. The van der Waals surface area contributed by atoms with Gasteiger partial charge in [0.2, 0.25) is 0 Å². The van der Waals surface area contributed by atoms with Crippen molar-refractivity contribution in [3.05, 3.63) is 83.6 Å². The monoisotopic (exact) mass is 680 g/mol. The van der Waals surface area contributed by atoms with E-state index >= 15 is 8.78 Å². The summed E-state index contributed by atoms with van der Waals surface area (Å²) in [5, 5.41) is 3.45. The molecule has 1 aliphatic carbocycles. The number of imidazole rings is 2. The number of fused-ring (bicyclic) bond motifs is 4. The Morgan fingerprint density at radius 2 is 1.64 bits per heavy atom. The smallest absolute Gasteiger partial charge is 0.410 e. The fourth-order valence-corrected chi connectivity index (χ4v) is 7.83. The maximum absolute atomic E-state index is 16.3. The van der Waals surface area contributed by atoms with Gasteiger partial charge in [0.05, 0.1) is 54.8 Å². The zero-order valence-electron chi connectivity index (χ0n) is 28.1. The van der Waals surface area contributed by atoms with Gasteiger partial charge in [-0.1, -0.05) is 30.3 Å². The lowest BCUT2D eigenvalue weighted by atomic mass is 9.98. The summed E-state index contributed by atoms with van der Waals surface area (Å²) >= 11 is 0. The summed E-state index contributed by atoms with van der Waals surface area (Å²) in [6, 6.07) is 15.9. The third-order valence-electron chi connectivity index (χ3n) is 10.2. The number of carbonyl (C=O) groups is 1. The number of rotatable bonds is 4. The van der Waals surface area contributed by atoms with Gasteiger partial charge < -0.3 is 29.5 Å². The minimum Gasteiger partial charge on any atom is -0.444 e. The zero-order chi connectivity index (χ0) is 34.4. The first-order chi connectivity index (χ1) is 24.0. The second kappa shape index (κ2) is 11.2. The Kier molecular flexibility index (Phi) is 7.01. The van der Waals surface area contributed by atoms with Crippen molar-refractivity contribution in [3.8, 4) is 33.5 Å². The molecule has 0 radical (unpaired) electrons. The highest BCUT2D eigenvalue weighted by atomic mass is 19.3. The minimum atomic E-state index is -3.20. The van der Waals surface area contributed by atoms with Crippen LogP contribution in [0, 0.1) is 0 Å². The number of aromatic amines is 2. The average Bonchev–Trinajstić information content (AvgIpc) is 3.94. The molecular weight excluding hydrogens is 642 g/mol. The summed E-state index contributed by atoms with van der Waals surface area (Å²) in [4.78, 5) is 30.6. The summed E-state index contributed by atoms with van der Waals surface area (Å²) < 4.78 is 49.8. The van der Waals surface area contributed by atoms with Crippen molar-refractivity contribution in [2.24, 2.45) is 0 Å². The molecule has 5 heterocycles. The molecule has 50 heavy (non-hydrogen) atoms. The zero-order valence-corrected chi connectivity index (χ0v) is 28.1. The van der Waals surface area contributed by atoms with Crippen molar-refractivity contribution in [2.75, 3.05) is 26.3 Å². The van der Waals surface area contributed by atoms with Crippen LogP contribution in [0.2, 0.25) is 0 Å². The number of likely N-dealkylation sites (tertiary alicyclic amines) is 1. The van der Waals surface area contributed by atoms with E-state index in [9.17, 15) is 4.79 Å². The van der Waals surface area contributed by atoms with E-state index in [2.05, 4.69) is 20.3 Å². The Morgan fingerprint density at radius 1 is 0.940 bits per heavy atom. The van der Waals surface area contributed by atoms with Crippen LogP contribution >= 0.6 is 0 Å². The van der Waals surface area contributed by atoms with E-state index in [0.29, 0.717) is 66.5 Å². The van der Waals surface area contributed by atoms with Crippen LogP contribution in [0.3, 0.4) is 0 Å². The van der Waals surface area contributed by atoms with Crippen molar-refractivity contribution < 1.29 is 27.8 Å². The lowest BCUT2D eigenvalue weighted by Gasteiger charge is -2.27. The molecule has 1 spiro atoms. The number of benzene rings is 3. The van der Waals surface area contributed by atoms with Gasteiger partial charge in [-0.05, 0) is 80.1 Å². The molecule has 1 unspecified atom stereocenters. The van der Waals surface area contributed by atoms with E-state index in [4.69, 9.17) is 19.2 Å². The summed E-state index contributed by atoms with van der Waals surface area (Å²) in [6.45, 7) is 7.87. The molecule has 2 aromatic heterocycles. The lowest BCUT2D eigenvalue weighted by molar-refractivity contribution is -0.141. The van der Waals surface area contributed by atoms with Crippen LogP contribution in [0.4, 0.5) is 13.6 Å². The first-order valence-electron chi connectivity index (χ1n) is 17.2. The standard InChI is InChI=1S/C38H38F2N6O4/c1-36(2,3)50-35(47)46-12-4-5-32(46)34-41-19-31(45-34)23-7-10-25-24-9-6-21(15-26(24)38(39,40)27(25)16-23)22-8-11-28-29(17-22)44-33(43-28)30-18-37(20-42-30)48-13-14-49-37/h6-11,15-17,19,30,32,42H,4-5,12-14,18,20H2,1-3H3,(H,41,45)(H,43,44)/t30-,32?/m0/s1. The molecule has 3 aliphatic heterocycles. The third kappa shape index (κ3) is 5.19. The predicted molar refractivity (Wildman–Crippen MR) is 182 cm³/mol. The predicted octanol–water partition coefficient (Wildman–Crippen LogP) is 7.59. The summed E-state index contributed by atoms with van der Waals surface area (Å²) in [7, 11) is 0. The van der Waals surface area contributed by atoms with Gasteiger partial charge in [-0.25, -0.2) is 14.8 Å². The molecule has 5 aromatic rings. The second-order valence-corrected chi connectivity index (χ2v) is 14.7. The SMILES string of the molecule is CC(C)(C)OC(=O)N1CCCC1c1ncc(-c2ccc3c(c2)C(F)(F)c2cc(-c4ccc5nc([C@@H]6CC7(CN6)OCCO7)[nH]c5c4)ccc2-3)[nH]1. The highest BCUT2D eigenvalue weighted by Gasteiger charge is 2.46. The van der Waals surface area contributed by atoms with Crippen molar-refractivity contribution in [2.45, 2.75) is 69.4 Å². The van der Waals surface area contributed by atoms with Crippen LogP contribution in [0.5, 0.6) is 0 Å². The average molecular weight is 681 g/mol. The van der Waals surface area contributed by atoms with Gasteiger partial charge in [0.1, 0.15) is 17.2 Å². The van der Waals surface area contributed by atoms with Gasteiger partial charge in [-0.2, -0.15) is 8.78 Å². The van der Waals surface area contributed by atoms with Gasteiger partial charge >= 0.3 is 6.09 Å². The van der Waals surface area contributed by atoms with Gasteiger partial charge in [-0.3, -0.25) is 4.90 Å². The number of amides is 1. The fraction of sp³-hybridized carbons (Fsp3) is 0.395. The number of halogens is 2. The number of aromatic nitrogens is 4. The van der Waals surface area contributed by atoms with Crippen LogP contribution in [0.1, 0.15) is 74.9 Å². The molecule has 1 amide bonds. The Balaban J connectivity index is 0.966. The molecule has 3 aromatic carbocycles. The first-order valence-corrected chi connectivity index (χ1v) is 17.2. The molecule has 4 aliphatic rings. The van der Waals surface area contributed by atoms with Crippen LogP contribution in [-0.4, -0.2) is 68.6 Å². The van der Waals surface area contributed by atoms with Gasteiger partial charge in [-0.15, -0.1) is 0 Å². The van der Waals surface area contributed by atoms with Crippen molar-refractivity contribution in [1.29, 1.82) is 0 Å². The quantitative estimate of drug-likeness (QED) is 0.179. The first kappa shape index (κ1) is 31.3. The number of nitrogens with one attached hydrogen (secondary N) is 3. The molecule has 3 N–H and O–H groups in total. The molecule has 0 bridgehead atoms. The van der Waals surface area contributed by atoms with Gasteiger partial charge in [0.25, 0.3) is 5.92 Å². The lowest BCUT2D eigenvalue weighted by Crippen LogP contribution is -2.36. The number of H-pyrrole nitrogens is 2. The Morgan fingerprint density at radius 3 is 2.40 bits per heavy atom. The Hall–Kier alpha value is -4.65. The van der Waals surface area contributed by atoms with Crippen LogP contribution in [0.15, 0.2) is 60.8 Å². The molecule has 12 heteroatoms. The summed E-state index contributed by atoms with van der Waals surface area (Å²) in [6.07, 6.45) is 3.49. The van der Waals surface area contributed by atoms with E-state index in [1.807, 2.05) is 51.1 Å². The van der Waals surface area contributed by atoms with E-state index < -0.39 is 17.3 Å². The number of alkyl halides is 2. The summed E-state index contributed by atoms with van der Waals surface area (Å²) in [5.41, 5.74) is 4.73. The largest absolute Gasteiger partial charge is 0.444 e. The Labute approximate surface area is 287 Å². The molecule has 3 saturated heterocycles. The molecule has 9 rings (SSSR count). The van der Waals surface area contributed by atoms with Gasteiger partial charge in [0.15, 0.2) is 5.79 Å². The Bertz CT molecular complexity index is 2150. The van der Waals surface area contributed by atoms with Crippen LogP contribution in [-0.2, 0) is 20.1 Å². The van der Waals surface area contributed by atoms with E-state index in [0.717, 1.165) is 35.3 Å². The van der Waals surface area contributed by atoms with Crippen LogP contribution < -0.4 is 5.32 Å². The number of ether oxygens (including phenoxy) is 3. The number of hydrogen-bond acceptors (Lipinski definition) is 7. The fourth-order valence-electron chi connectivity index (χ4n) is 7.83. The number of nitrogens with zero attached hydrogens (tertiary/aromatic N) is 3. The highest BCUT2D eigenvalue weighted by Crippen LogP contribution is 2.53. The molecule has 3 fully saturated rings. The molecule has 0 saturated carbocycles. The third-order valence-corrected chi connectivity index (χ3v) is 10.2. The number of carbonyl (C=O) groups excluding carboxylic acids is 1. The molecule has 2 atom stereocenters. The van der Waals surface area contributed by atoms with Crippen molar-refractivity contribution in [3.63, 3.8) is 0 Å². The molecular formula is C38H38F2N6O4. The summed E-state index contributed by atoms with van der Waals surface area (Å²) in [5.74, 6) is -2.37.